The summed E-state index contributed by atoms with van der Waals surface area (Å²) in [6, 6.07) is 17.0. The molecule has 1 aliphatic heterocycles. The first-order chi connectivity index (χ1) is 14.3. The van der Waals surface area contributed by atoms with Crippen molar-refractivity contribution in [2.24, 2.45) is 0 Å². The van der Waals surface area contributed by atoms with Crippen molar-refractivity contribution >= 4 is 23.3 Å². The lowest BCUT2D eigenvalue weighted by Gasteiger charge is -2.24. The molecule has 3 rings (SSSR count). The summed E-state index contributed by atoms with van der Waals surface area (Å²) in [5, 5.41) is 15.6. The molecule has 0 bridgehead atoms. The minimum absolute atomic E-state index is 0.0938. The van der Waals surface area contributed by atoms with E-state index in [0.717, 1.165) is 30.9 Å². The Morgan fingerprint density at radius 1 is 1.00 bits per heavy atom. The Labute approximate surface area is 176 Å². The van der Waals surface area contributed by atoms with Crippen LogP contribution in [0.5, 0.6) is 5.75 Å². The van der Waals surface area contributed by atoms with Gasteiger partial charge in [-0.15, -0.1) is 0 Å². The van der Waals surface area contributed by atoms with Crippen molar-refractivity contribution in [3.63, 3.8) is 0 Å². The number of carboxylic acids is 2. The lowest BCUT2D eigenvalue weighted by Crippen LogP contribution is -2.19. The fraction of sp³-hybridized carbons (Fsp3) is 0.304. The van der Waals surface area contributed by atoms with Crippen molar-refractivity contribution in [3.05, 3.63) is 66.2 Å². The summed E-state index contributed by atoms with van der Waals surface area (Å²) in [6.07, 6.45) is 2.19. The van der Waals surface area contributed by atoms with Gasteiger partial charge in [-0.2, -0.15) is 0 Å². The minimum atomic E-state index is -1.26. The number of aliphatic carboxylic acids is 2. The highest BCUT2D eigenvalue weighted by atomic mass is 16.5. The second-order valence-electron chi connectivity index (χ2n) is 6.98. The number of anilines is 2. The van der Waals surface area contributed by atoms with Crippen molar-refractivity contribution in [2.45, 2.75) is 19.4 Å². The van der Waals surface area contributed by atoms with Gasteiger partial charge in [-0.25, -0.2) is 9.59 Å². The quantitative estimate of drug-likeness (QED) is 0.695. The van der Waals surface area contributed by atoms with Crippen LogP contribution in [0.3, 0.4) is 0 Å². The summed E-state index contributed by atoms with van der Waals surface area (Å²) >= 11 is 0. The average molecular weight is 412 g/mol. The minimum Gasteiger partial charge on any atom is -0.483 e. The van der Waals surface area contributed by atoms with Crippen LogP contribution < -0.4 is 9.64 Å². The highest BCUT2D eigenvalue weighted by Gasteiger charge is 2.26. The van der Waals surface area contributed by atoms with Crippen LogP contribution in [-0.2, 0) is 9.59 Å². The largest absolute Gasteiger partial charge is 0.483 e. The van der Waals surface area contributed by atoms with Gasteiger partial charge in [0.2, 0.25) is 0 Å². The smallest absolute Gasteiger partial charge is 0.328 e. The van der Waals surface area contributed by atoms with Gasteiger partial charge < -0.3 is 24.7 Å². The number of carboxylic acid groups (broad SMARTS) is 2. The molecule has 0 amide bonds. The summed E-state index contributed by atoms with van der Waals surface area (Å²) in [4.78, 5) is 23.7. The number of hydrogen-bond donors (Lipinski definition) is 2. The van der Waals surface area contributed by atoms with E-state index in [0.29, 0.717) is 12.2 Å². The molecule has 0 radical (unpaired) electrons. The normalized spacial score (nSPS) is 14.8. The summed E-state index contributed by atoms with van der Waals surface area (Å²) in [5.41, 5.74) is 3.70. The summed E-state index contributed by atoms with van der Waals surface area (Å²) in [6.45, 7) is 4.12. The Morgan fingerprint density at radius 3 is 2.13 bits per heavy atom. The van der Waals surface area contributed by atoms with E-state index >= 15 is 0 Å². The Morgan fingerprint density at radius 2 is 1.57 bits per heavy atom. The molecule has 2 N–H and O–H groups in total. The van der Waals surface area contributed by atoms with E-state index in [1.807, 2.05) is 6.07 Å². The third-order valence-corrected chi connectivity index (χ3v) is 4.52. The van der Waals surface area contributed by atoms with Crippen LogP contribution in [0.4, 0.5) is 11.4 Å². The highest BCUT2D eigenvalue weighted by Crippen LogP contribution is 2.43. The molecule has 2 aromatic rings. The third-order valence-electron chi connectivity index (χ3n) is 4.52. The first-order valence-electron chi connectivity index (χ1n) is 9.74. The number of rotatable bonds is 6. The van der Waals surface area contributed by atoms with E-state index in [9.17, 15) is 9.59 Å². The predicted octanol–water partition coefficient (Wildman–Crippen LogP) is 3.94. The van der Waals surface area contributed by atoms with Crippen LogP contribution in [0, 0.1) is 0 Å². The molecule has 1 aliphatic rings. The van der Waals surface area contributed by atoms with Gasteiger partial charge in [-0.3, -0.25) is 0 Å². The van der Waals surface area contributed by atoms with E-state index in [1.54, 1.807) is 0 Å². The first kappa shape index (κ1) is 23.0. The fourth-order valence-electron chi connectivity index (χ4n) is 3.21. The van der Waals surface area contributed by atoms with Crippen molar-refractivity contribution in [1.82, 2.24) is 4.90 Å². The van der Waals surface area contributed by atoms with Gasteiger partial charge in [0.25, 0.3) is 0 Å². The van der Waals surface area contributed by atoms with Crippen LogP contribution in [0.15, 0.2) is 60.7 Å². The van der Waals surface area contributed by atoms with Crippen LogP contribution in [0.1, 0.15) is 25.0 Å². The van der Waals surface area contributed by atoms with Gasteiger partial charge in [-0.05, 0) is 39.2 Å². The Bertz CT molecular complexity index is 879. The zero-order valence-electron chi connectivity index (χ0n) is 17.5. The molecular weight excluding hydrogens is 384 g/mol. The Balaban J connectivity index is 0.000000343. The topological polar surface area (TPSA) is 90.3 Å². The molecule has 0 aliphatic carbocycles. The summed E-state index contributed by atoms with van der Waals surface area (Å²) in [7, 11) is 4.21. The van der Waals surface area contributed by atoms with Gasteiger partial charge in [0.1, 0.15) is 11.9 Å². The number of ether oxygens (including phenoxy) is 1. The first-order valence-corrected chi connectivity index (χ1v) is 9.74. The maximum atomic E-state index is 9.55. The molecule has 0 saturated heterocycles. The van der Waals surface area contributed by atoms with E-state index in [2.05, 4.69) is 73.3 Å². The lowest BCUT2D eigenvalue weighted by molar-refractivity contribution is -0.134. The number of nitrogens with zero attached hydrogens (tertiary/aromatic N) is 2. The molecule has 0 spiro atoms. The Kier molecular flexibility index (Phi) is 8.43. The van der Waals surface area contributed by atoms with Gasteiger partial charge in [0.05, 0.1) is 5.69 Å². The molecule has 0 saturated carbocycles. The van der Waals surface area contributed by atoms with Crippen molar-refractivity contribution in [1.29, 1.82) is 0 Å². The van der Waals surface area contributed by atoms with E-state index < -0.39 is 11.9 Å². The average Bonchev–Trinajstić information content (AvgIpc) is 2.85. The maximum absolute atomic E-state index is 9.55. The molecule has 0 fully saturated rings. The number of benzene rings is 2. The molecule has 0 aromatic heterocycles. The van der Waals surface area contributed by atoms with Gasteiger partial charge in [-0.1, -0.05) is 30.3 Å². The lowest BCUT2D eigenvalue weighted by atomic mass is 10.0. The monoisotopic (exact) mass is 412 g/mol. The van der Waals surface area contributed by atoms with Crippen LogP contribution in [-0.4, -0.2) is 54.2 Å². The molecule has 1 atom stereocenters. The molecule has 7 heteroatoms. The number of carbonyl (C=O) groups is 2. The number of fused-ring (bicyclic) bond motifs is 2. The molecule has 2 aromatic carbocycles. The van der Waals surface area contributed by atoms with E-state index in [1.165, 1.54) is 11.3 Å². The number of hydrogen-bond acceptors (Lipinski definition) is 5. The SMILES string of the molecule is CCN1c2ccccc2OC(CCN(C)C)c2ccccc21.O=C(O)/C=C/C(=O)O. The van der Waals surface area contributed by atoms with Gasteiger partial charge >= 0.3 is 11.9 Å². The predicted molar refractivity (Wildman–Crippen MR) is 117 cm³/mol. The molecular formula is C23H28N2O5. The van der Waals surface area contributed by atoms with E-state index in [4.69, 9.17) is 14.9 Å². The zero-order chi connectivity index (χ0) is 22.1. The fourth-order valence-corrected chi connectivity index (χ4v) is 3.21. The molecule has 1 unspecified atom stereocenters. The van der Waals surface area contributed by atoms with E-state index in [-0.39, 0.29) is 6.10 Å². The maximum Gasteiger partial charge on any atom is 0.328 e. The third kappa shape index (κ3) is 6.35. The van der Waals surface area contributed by atoms with Gasteiger partial charge in [0, 0.05) is 42.9 Å². The molecule has 1 heterocycles. The molecule has 30 heavy (non-hydrogen) atoms. The van der Waals surface area contributed by atoms with Crippen LogP contribution >= 0.6 is 0 Å². The standard InChI is InChI=1S/C19H24N2O.C4H4O4/c1-4-21-16-10-6-5-9-15(16)18(13-14-20(2)3)22-19-12-8-7-11-17(19)21;5-3(6)1-2-4(7)8/h5-12,18H,4,13-14H2,1-3H3;1-2H,(H,5,6)(H,7,8)/b;2-1+. The van der Waals surface area contributed by atoms with Crippen LogP contribution in [0.25, 0.3) is 0 Å². The molecule has 7 nitrogen and oxygen atoms in total. The zero-order valence-corrected chi connectivity index (χ0v) is 17.5. The molecule has 160 valence electrons. The summed E-state index contributed by atoms with van der Waals surface area (Å²) in [5.74, 6) is -1.54. The van der Waals surface area contributed by atoms with Crippen molar-refractivity contribution < 1.29 is 24.5 Å². The second kappa shape index (κ2) is 11.0. The summed E-state index contributed by atoms with van der Waals surface area (Å²) < 4.78 is 6.40. The van der Waals surface area contributed by atoms with Crippen molar-refractivity contribution in [3.8, 4) is 5.75 Å². The highest BCUT2D eigenvalue weighted by molar-refractivity contribution is 5.89. The number of para-hydroxylation sites is 3. The van der Waals surface area contributed by atoms with Crippen molar-refractivity contribution in [2.75, 3.05) is 32.1 Å². The Hall–Kier alpha value is -3.32. The second-order valence-corrected chi connectivity index (χ2v) is 6.98. The van der Waals surface area contributed by atoms with Crippen LogP contribution in [0.2, 0.25) is 0 Å². The van der Waals surface area contributed by atoms with Gasteiger partial charge in [0.15, 0.2) is 0 Å².